The van der Waals surface area contributed by atoms with Gasteiger partial charge >= 0.3 is 0 Å². The highest BCUT2D eigenvalue weighted by atomic mass is 32.1. The van der Waals surface area contributed by atoms with Gasteiger partial charge in [-0.05, 0) is 75.3 Å². The van der Waals surface area contributed by atoms with Crippen molar-refractivity contribution in [1.29, 1.82) is 0 Å². The molecule has 0 nitrogen and oxygen atoms in total. The van der Waals surface area contributed by atoms with Crippen molar-refractivity contribution in [3.8, 4) is 0 Å². The molecule has 132 valence electrons. The van der Waals surface area contributed by atoms with Crippen molar-refractivity contribution in [3.05, 3.63) is 92.3 Å². The van der Waals surface area contributed by atoms with Gasteiger partial charge in [-0.1, -0.05) is 48.6 Å². The van der Waals surface area contributed by atoms with Crippen molar-refractivity contribution in [1.82, 2.24) is 0 Å². The molecular weight excluding hydrogens is 364 g/mol. The summed E-state index contributed by atoms with van der Waals surface area (Å²) in [6.45, 7) is 0. The van der Waals surface area contributed by atoms with E-state index in [9.17, 15) is 0 Å². The minimum absolute atomic E-state index is 0.594. The van der Waals surface area contributed by atoms with Gasteiger partial charge in [0.25, 0.3) is 0 Å². The van der Waals surface area contributed by atoms with E-state index in [1.54, 1.807) is 20.9 Å². The normalized spacial score (nSPS) is 35.0. The maximum absolute atomic E-state index is 2.55. The topological polar surface area (TPSA) is 0 Å². The molecule has 0 saturated heterocycles. The van der Waals surface area contributed by atoms with Crippen LogP contribution in [0, 0.1) is 23.7 Å². The fourth-order valence-corrected chi connectivity index (χ4v) is 8.46. The molecule has 0 spiro atoms. The highest BCUT2D eigenvalue weighted by Gasteiger charge is 2.58. The summed E-state index contributed by atoms with van der Waals surface area (Å²) < 4.78 is 0. The van der Waals surface area contributed by atoms with Gasteiger partial charge in [0.2, 0.25) is 0 Å². The van der Waals surface area contributed by atoms with E-state index in [1.165, 1.54) is 17.5 Å². The van der Waals surface area contributed by atoms with Gasteiger partial charge in [-0.3, -0.25) is 0 Å². The van der Waals surface area contributed by atoms with Gasteiger partial charge in [-0.15, -0.1) is 22.7 Å². The van der Waals surface area contributed by atoms with Crippen LogP contribution in [0.15, 0.2) is 71.4 Å². The van der Waals surface area contributed by atoms with Crippen molar-refractivity contribution in [3.63, 3.8) is 0 Å². The summed E-state index contributed by atoms with van der Waals surface area (Å²) in [7, 11) is 0. The summed E-state index contributed by atoms with van der Waals surface area (Å²) in [5.41, 5.74) is 6.40. The Kier molecular flexibility index (Phi) is 2.98. The van der Waals surface area contributed by atoms with E-state index in [0.717, 1.165) is 23.7 Å². The number of allylic oxidation sites excluding steroid dienone is 4. The molecule has 2 heterocycles. The number of benzene rings is 1. The molecule has 1 fully saturated rings. The molecule has 0 radical (unpaired) electrons. The lowest BCUT2D eigenvalue weighted by Gasteiger charge is -2.51. The Labute approximate surface area is 167 Å². The quantitative estimate of drug-likeness (QED) is 0.415. The lowest BCUT2D eigenvalue weighted by atomic mass is 9.53. The van der Waals surface area contributed by atoms with Crippen LogP contribution >= 0.6 is 22.7 Å². The average Bonchev–Trinajstić information content (AvgIpc) is 3.49. The van der Waals surface area contributed by atoms with E-state index in [2.05, 4.69) is 71.4 Å². The summed E-state index contributed by atoms with van der Waals surface area (Å²) in [5.74, 6) is 4.23. The Morgan fingerprint density at radius 2 is 1.15 bits per heavy atom. The first-order chi connectivity index (χ1) is 13.4. The molecule has 1 saturated carbocycles. The molecule has 0 N–H and O–H groups in total. The lowest BCUT2D eigenvalue weighted by molar-refractivity contribution is 0.260. The largest absolute Gasteiger partial charge is 0.148 e. The lowest BCUT2D eigenvalue weighted by Crippen LogP contribution is -2.38. The SMILES string of the molecule is C1=C[C@H]2C[C@@H]1[C@H]1[C@@H]2[C@H](c2cccs2)C2=C(c3ccccc32)[C@@H]1c1cccs1. The van der Waals surface area contributed by atoms with Crippen molar-refractivity contribution >= 4 is 33.8 Å². The van der Waals surface area contributed by atoms with E-state index in [1.807, 2.05) is 22.7 Å². The average molecular weight is 385 g/mol. The third kappa shape index (κ3) is 1.83. The van der Waals surface area contributed by atoms with E-state index in [4.69, 9.17) is 0 Å². The van der Waals surface area contributed by atoms with Crippen LogP contribution in [0.3, 0.4) is 0 Å². The van der Waals surface area contributed by atoms with Crippen LogP contribution in [0.1, 0.15) is 39.1 Å². The van der Waals surface area contributed by atoms with Crippen LogP contribution < -0.4 is 0 Å². The zero-order valence-corrected chi connectivity index (χ0v) is 16.5. The second-order valence-corrected chi connectivity index (χ2v) is 10.4. The highest BCUT2D eigenvalue weighted by molar-refractivity contribution is 7.10. The number of hydrogen-bond donors (Lipinski definition) is 0. The Morgan fingerprint density at radius 1 is 0.630 bits per heavy atom. The van der Waals surface area contributed by atoms with Crippen molar-refractivity contribution in [2.24, 2.45) is 23.7 Å². The maximum Gasteiger partial charge on any atom is 0.0230 e. The molecule has 3 aromatic rings. The number of fused-ring (bicyclic) bond motifs is 8. The Balaban J connectivity index is 1.52. The molecule has 4 aliphatic rings. The van der Waals surface area contributed by atoms with Crippen molar-refractivity contribution in [2.45, 2.75) is 18.3 Å². The second kappa shape index (κ2) is 5.33. The van der Waals surface area contributed by atoms with Gasteiger partial charge in [-0.25, -0.2) is 0 Å². The maximum atomic E-state index is 2.55. The van der Waals surface area contributed by atoms with Gasteiger partial charge < -0.3 is 0 Å². The van der Waals surface area contributed by atoms with E-state index in [0.29, 0.717) is 11.8 Å². The molecule has 6 atom stereocenters. The summed E-state index contributed by atoms with van der Waals surface area (Å²) >= 11 is 3.93. The molecule has 2 bridgehead atoms. The minimum atomic E-state index is 0.594. The Hall–Kier alpha value is -1.90. The first-order valence-electron chi connectivity index (χ1n) is 10.0. The van der Waals surface area contributed by atoms with E-state index in [-0.39, 0.29) is 0 Å². The predicted molar refractivity (Wildman–Crippen MR) is 115 cm³/mol. The van der Waals surface area contributed by atoms with Gasteiger partial charge in [0, 0.05) is 21.6 Å². The van der Waals surface area contributed by atoms with Gasteiger partial charge in [0.1, 0.15) is 0 Å². The Morgan fingerprint density at radius 3 is 1.59 bits per heavy atom. The van der Waals surface area contributed by atoms with Crippen LogP contribution in [0.5, 0.6) is 0 Å². The first kappa shape index (κ1) is 15.1. The van der Waals surface area contributed by atoms with Gasteiger partial charge in [-0.2, -0.15) is 0 Å². The second-order valence-electron chi connectivity index (χ2n) is 8.46. The monoisotopic (exact) mass is 384 g/mol. The zero-order chi connectivity index (χ0) is 17.5. The van der Waals surface area contributed by atoms with Crippen molar-refractivity contribution < 1.29 is 0 Å². The molecule has 1 aromatic carbocycles. The zero-order valence-electron chi connectivity index (χ0n) is 14.9. The predicted octanol–water partition coefficient (Wildman–Crippen LogP) is 7.05. The molecule has 2 aromatic heterocycles. The molecule has 27 heavy (non-hydrogen) atoms. The number of rotatable bonds is 2. The third-order valence-electron chi connectivity index (χ3n) is 7.47. The molecular formula is C25H20S2. The summed E-state index contributed by atoms with van der Waals surface area (Å²) in [5, 5.41) is 4.53. The Bertz CT molecular complexity index is 998. The molecule has 0 aliphatic heterocycles. The fourth-order valence-electron chi connectivity index (χ4n) is 6.67. The van der Waals surface area contributed by atoms with Crippen molar-refractivity contribution in [2.75, 3.05) is 0 Å². The molecule has 0 unspecified atom stereocenters. The molecule has 7 rings (SSSR count). The van der Waals surface area contributed by atoms with Crippen LogP contribution in [-0.4, -0.2) is 0 Å². The fraction of sp³-hybridized carbons (Fsp3) is 0.280. The standard InChI is InChI=1S/C25H20S2/c1-2-6-17-16(5-1)22-23(17)25(19-8-4-12-27-19)21-15-10-9-14(13-15)20(21)24(22)18-7-3-11-26-18/h1-12,14-15,20-21,24-25H,13H2/t14-,15+,20+,21-,24-,25+. The molecule has 2 heteroatoms. The number of thiophene rings is 2. The summed E-state index contributed by atoms with van der Waals surface area (Å²) in [6, 6.07) is 18.4. The van der Waals surface area contributed by atoms with Crippen LogP contribution in [0.4, 0.5) is 0 Å². The third-order valence-corrected chi connectivity index (χ3v) is 9.38. The van der Waals surface area contributed by atoms with Crippen LogP contribution in [0.2, 0.25) is 0 Å². The molecule has 0 amide bonds. The van der Waals surface area contributed by atoms with Gasteiger partial charge in [0.15, 0.2) is 0 Å². The van der Waals surface area contributed by atoms with Crippen LogP contribution in [0.25, 0.3) is 11.1 Å². The van der Waals surface area contributed by atoms with Crippen LogP contribution in [-0.2, 0) is 0 Å². The smallest absolute Gasteiger partial charge is 0.0230 e. The first-order valence-corrected chi connectivity index (χ1v) is 11.8. The summed E-state index contributed by atoms with van der Waals surface area (Å²) in [4.78, 5) is 3.16. The number of hydrogen-bond acceptors (Lipinski definition) is 2. The van der Waals surface area contributed by atoms with E-state index < -0.39 is 0 Å². The van der Waals surface area contributed by atoms with E-state index >= 15 is 0 Å². The molecule has 4 aliphatic carbocycles. The highest BCUT2D eigenvalue weighted by Crippen LogP contribution is 2.71. The minimum Gasteiger partial charge on any atom is -0.148 e. The van der Waals surface area contributed by atoms with Gasteiger partial charge in [0.05, 0.1) is 0 Å². The summed E-state index contributed by atoms with van der Waals surface area (Å²) in [6.07, 6.45) is 6.47.